The smallest absolute Gasteiger partial charge is 0.387 e. The molecule has 1 heterocycles. The molecular weight excluding hydrogens is 278 g/mol. The molecule has 0 aliphatic carbocycles. The van der Waals surface area contributed by atoms with E-state index in [0.717, 1.165) is 38.2 Å². The summed E-state index contributed by atoms with van der Waals surface area (Å²) in [7, 11) is 0. The lowest BCUT2D eigenvalue weighted by molar-refractivity contribution is -0.0507. The minimum Gasteiger partial charge on any atom is -0.434 e. The molecule has 4 nitrogen and oxygen atoms in total. The van der Waals surface area contributed by atoms with Gasteiger partial charge >= 0.3 is 6.61 Å². The van der Waals surface area contributed by atoms with Crippen LogP contribution < -0.4 is 4.74 Å². The molecule has 0 spiro atoms. The van der Waals surface area contributed by atoms with Crippen LogP contribution in [0.3, 0.4) is 0 Å². The summed E-state index contributed by atoms with van der Waals surface area (Å²) in [6, 6.07) is 6.95. The predicted octanol–water partition coefficient (Wildman–Crippen LogP) is 1.79. The Morgan fingerprint density at radius 2 is 1.81 bits per heavy atom. The lowest BCUT2D eigenvalue weighted by Gasteiger charge is -2.22. The molecule has 1 aliphatic heterocycles. The Morgan fingerprint density at radius 1 is 1.10 bits per heavy atom. The van der Waals surface area contributed by atoms with Crippen LogP contribution in [0.2, 0.25) is 0 Å². The first-order chi connectivity index (χ1) is 10.2. The van der Waals surface area contributed by atoms with Gasteiger partial charge in [-0.25, -0.2) is 0 Å². The minimum atomic E-state index is -2.80. The van der Waals surface area contributed by atoms with Crippen molar-refractivity contribution in [3.8, 4) is 5.75 Å². The fourth-order valence-corrected chi connectivity index (χ4v) is 2.63. The third-order valence-corrected chi connectivity index (χ3v) is 3.68. The summed E-state index contributed by atoms with van der Waals surface area (Å²) in [6.45, 7) is 2.31. The highest BCUT2D eigenvalue weighted by Gasteiger charge is 2.16. The monoisotopic (exact) mass is 300 g/mol. The number of hydrogen-bond acceptors (Lipinski definition) is 4. The molecule has 0 aromatic heterocycles. The van der Waals surface area contributed by atoms with Crippen LogP contribution in [-0.2, 0) is 6.54 Å². The third-order valence-electron chi connectivity index (χ3n) is 3.68. The van der Waals surface area contributed by atoms with Crippen LogP contribution in [0.25, 0.3) is 0 Å². The zero-order valence-corrected chi connectivity index (χ0v) is 12.0. The Labute approximate surface area is 123 Å². The number of β-amino-alcohol motifs (C(OH)–C–C–N with tert-alkyl or cyclic N) is 1. The van der Waals surface area contributed by atoms with Gasteiger partial charge in [-0.1, -0.05) is 18.2 Å². The summed E-state index contributed by atoms with van der Waals surface area (Å²) in [5.41, 5.74) is 0.786. The van der Waals surface area contributed by atoms with Crippen LogP contribution in [0.5, 0.6) is 5.75 Å². The van der Waals surface area contributed by atoms with Gasteiger partial charge in [0.15, 0.2) is 0 Å². The largest absolute Gasteiger partial charge is 0.434 e. The van der Waals surface area contributed by atoms with Gasteiger partial charge in [0.05, 0.1) is 6.61 Å². The Bertz CT molecular complexity index is 432. The summed E-state index contributed by atoms with van der Waals surface area (Å²) in [6.07, 6.45) is 1.01. The number of aliphatic hydroxyl groups is 1. The Hall–Kier alpha value is -1.24. The summed E-state index contributed by atoms with van der Waals surface area (Å²) in [5.74, 6) is 0.254. The second kappa shape index (κ2) is 8.26. The molecule has 0 unspecified atom stereocenters. The van der Waals surface area contributed by atoms with E-state index in [4.69, 9.17) is 5.11 Å². The van der Waals surface area contributed by atoms with Gasteiger partial charge in [-0.2, -0.15) is 8.78 Å². The van der Waals surface area contributed by atoms with Crippen molar-refractivity contribution in [3.05, 3.63) is 29.8 Å². The quantitative estimate of drug-likeness (QED) is 0.869. The van der Waals surface area contributed by atoms with Gasteiger partial charge in [-0.3, -0.25) is 9.80 Å². The van der Waals surface area contributed by atoms with Crippen LogP contribution in [0.4, 0.5) is 8.78 Å². The van der Waals surface area contributed by atoms with E-state index in [1.807, 2.05) is 12.1 Å². The van der Waals surface area contributed by atoms with Crippen molar-refractivity contribution in [3.63, 3.8) is 0 Å². The molecular formula is C15H22F2N2O2. The molecule has 1 N–H and O–H groups in total. The first-order valence-corrected chi connectivity index (χ1v) is 7.27. The lowest BCUT2D eigenvalue weighted by Crippen LogP contribution is -2.32. The number of para-hydroxylation sites is 1. The molecule has 118 valence electrons. The topological polar surface area (TPSA) is 35.9 Å². The van der Waals surface area contributed by atoms with Crippen molar-refractivity contribution < 1.29 is 18.6 Å². The molecule has 0 amide bonds. The number of halogens is 2. The molecule has 0 saturated carbocycles. The normalized spacial score (nSPS) is 17.9. The molecule has 1 aliphatic rings. The highest BCUT2D eigenvalue weighted by molar-refractivity contribution is 5.33. The van der Waals surface area contributed by atoms with Crippen LogP contribution in [0, 0.1) is 0 Å². The molecule has 0 atom stereocenters. The van der Waals surface area contributed by atoms with Crippen molar-refractivity contribution in [2.75, 3.05) is 39.3 Å². The van der Waals surface area contributed by atoms with Crippen LogP contribution in [0.15, 0.2) is 24.3 Å². The molecule has 0 bridgehead atoms. The standard InChI is InChI=1S/C15H22F2N2O2/c16-15(17)21-14-5-2-1-4-13(14)12-19-7-3-6-18(8-9-19)10-11-20/h1-2,4-5,15,20H,3,6-12H2. The number of benzene rings is 1. The summed E-state index contributed by atoms with van der Waals surface area (Å²) >= 11 is 0. The SMILES string of the molecule is OCCN1CCCN(Cc2ccccc2OC(F)F)CC1. The van der Waals surface area contributed by atoms with Crippen molar-refractivity contribution in [2.45, 2.75) is 19.6 Å². The van der Waals surface area contributed by atoms with E-state index in [0.29, 0.717) is 13.1 Å². The highest BCUT2D eigenvalue weighted by Crippen LogP contribution is 2.22. The molecule has 1 aromatic rings. The average molecular weight is 300 g/mol. The molecule has 6 heteroatoms. The fourth-order valence-electron chi connectivity index (χ4n) is 2.63. The first kappa shape index (κ1) is 16.1. The fraction of sp³-hybridized carbons (Fsp3) is 0.600. The van der Waals surface area contributed by atoms with Gasteiger partial charge < -0.3 is 9.84 Å². The zero-order chi connectivity index (χ0) is 15.1. The Balaban J connectivity index is 1.95. The summed E-state index contributed by atoms with van der Waals surface area (Å²) < 4.78 is 29.4. The minimum absolute atomic E-state index is 0.172. The number of rotatable bonds is 6. The van der Waals surface area contributed by atoms with E-state index in [2.05, 4.69) is 14.5 Å². The van der Waals surface area contributed by atoms with Crippen molar-refractivity contribution in [1.29, 1.82) is 0 Å². The van der Waals surface area contributed by atoms with E-state index in [1.165, 1.54) is 0 Å². The van der Waals surface area contributed by atoms with Gasteiger partial charge in [-0.15, -0.1) is 0 Å². The maximum atomic E-state index is 12.4. The summed E-state index contributed by atoms with van der Waals surface area (Å²) in [4.78, 5) is 4.46. The molecule has 2 rings (SSSR count). The number of aliphatic hydroxyl groups excluding tert-OH is 1. The molecule has 1 saturated heterocycles. The Morgan fingerprint density at radius 3 is 2.57 bits per heavy atom. The summed E-state index contributed by atoms with van der Waals surface area (Å²) in [5, 5.41) is 8.99. The molecule has 21 heavy (non-hydrogen) atoms. The highest BCUT2D eigenvalue weighted by atomic mass is 19.3. The maximum absolute atomic E-state index is 12.4. The van der Waals surface area contributed by atoms with E-state index < -0.39 is 6.61 Å². The van der Waals surface area contributed by atoms with Gasteiger partial charge in [0.2, 0.25) is 0 Å². The first-order valence-electron chi connectivity index (χ1n) is 7.27. The molecule has 0 radical (unpaired) electrons. The number of ether oxygens (including phenoxy) is 1. The van der Waals surface area contributed by atoms with E-state index in [-0.39, 0.29) is 12.4 Å². The van der Waals surface area contributed by atoms with E-state index in [1.54, 1.807) is 12.1 Å². The van der Waals surface area contributed by atoms with Crippen LogP contribution in [-0.4, -0.2) is 60.8 Å². The average Bonchev–Trinajstić information content (AvgIpc) is 2.67. The molecule has 1 aromatic carbocycles. The maximum Gasteiger partial charge on any atom is 0.387 e. The zero-order valence-electron chi connectivity index (χ0n) is 12.0. The Kier molecular flexibility index (Phi) is 6.35. The third kappa shape index (κ3) is 5.22. The van der Waals surface area contributed by atoms with Gasteiger partial charge in [0.1, 0.15) is 5.75 Å². The van der Waals surface area contributed by atoms with Crippen LogP contribution >= 0.6 is 0 Å². The van der Waals surface area contributed by atoms with Crippen molar-refractivity contribution in [1.82, 2.24) is 9.80 Å². The van der Waals surface area contributed by atoms with E-state index in [9.17, 15) is 8.78 Å². The number of hydrogen-bond donors (Lipinski definition) is 1. The van der Waals surface area contributed by atoms with Gasteiger partial charge in [0.25, 0.3) is 0 Å². The predicted molar refractivity (Wildman–Crippen MR) is 76.5 cm³/mol. The molecule has 1 fully saturated rings. The van der Waals surface area contributed by atoms with Crippen molar-refractivity contribution in [2.24, 2.45) is 0 Å². The van der Waals surface area contributed by atoms with Crippen molar-refractivity contribution >= 4 is 0 Å². The van der Waals surface area contributed by atoms with Gasteiger partial charge in [0, 0.05) is 31.7 Å². The van der Waals surface area contributed by atoms with Crippen LogP contribution in [0.1, 0.15) is 12.0 Å². The second-order valence-electron chi connectivity index (χ2n) is 5.18. The second-order valence-corrected chi connectivity index (χ2v) is 5.18. The van der Waals surface area contributed by atoms with E-state index >= 15 is 0 Å². The lowest BCUT2D eigenvalue weighted by atomic mass is 10.2. The number of alkyl halides is 2. The number of nitrogens with zero attached hydrogens (tertiary/aromatic N) is 2. The van der Waals surface area contributed by atoms with Gasteiger partial charge in [-0.05, 0) is 25.6 Å².